The van der Waals surface area contributed by atoms with Crippen molar-refractivity contribution in [3.8, 4) is 0 Å². The summed E-state index contributed by atoms with van der Waals surface area (Å²) in [6.07, 6.45) is 6.21. The molecule has 3 aliphatic heterocycles. The number of nitrogens with zero attached hydrogens (tertiary/aromatic N) is 2. The third kappa shape index (κ3) is 6.72. The fraction of sp³-hybridized carbons (Fsp3) is 0.559. The van der Waals surface area contributed by atoms with Crippen molar-refractivity contribution in [1.82, 2.24) is 9.88 Å². The third-order valence-electron chi connectivity index (χ3n) is 9.25. The largest absolute Gasteiger partial charge is 0.392 e. The Hall–Kier alpha value is -2.64. The van der Waals surface area contributed by atoms with E-state index in [1.165, 1.54) is 11.6 Å². The highest BCUT2D eigenvalue weighted by atomic mass is 19.3. The van der Waals surface area contributed by atoms with Crippen LogP contribution in [0.5, 0.6) is 0 Å². The minimum atomic E-state index is -3.27. The van der Waals surface area contributed by atoms with Crippen molar-refractivity contribution in [3.63, 3.8) is 0 Å². The van der Waals surface area contributed by atoms with E-state index in [0.717, 1.165) is 60.8 Å². The van der Waals surface area contributed by atoms with Crippen LogP contribution in [-0.4, -0.2) is 40.7 Å². The van der Waals surface area contributed by atoms with Crippen molar-refractivity contribution in [2.24, 2.45) is 5.92 Å². The number of piperidine rings is 1. The van der Waals surface area contributed by atoms with Gasteiger partial charge in [0.05, 0.1) is 23.2 Å². The summed E-state index contributed by atoms with van der Waals surface area (Å²) >= 11 is 0. The van der Waals surface area contributed by atoms with Gasteiger partial charge in [-0.15, -0.1) is 0 Å². The molecule has 6 bridgehead atoms. The molecule has 7 heteroatoms. The molecule has 0 spiro atoms. The van der Waals surface area contributed by atoms with Crippen LogP contribution < -0.4 is 5.32 Å². The predicted octanol–water partition coefficient (Wildman–Crippen LogP) is 8.48. The topological polar surface area (TPSA) is 48.4 Å². The van der Waals surface area contributed by atoms with Crippen LogP contribution in [0.15, 0.2) is 42.5 Å². The molecule has 0 saturated carbocycles. The highest BCUT2D eigenvalue weighted by Crippen LogP contribution is 2.44. The molecule has 3 atom stereocenters. The maximum absolute atomic E-state index is 15.9. The molecule has 2 N–H and O–H groups in total. The fourth-order valence-corrected chi connectivity index (χ4v) is 6.69. The first-order valence-electron chi connectivity index (χ1n) is 15.4. The summed E-state index contributed by atoms with van der Waals surface area (Å²) < 4.78 is 47.5. The normalized spacial score (nSPS) is 27.9. The Morgan fingerprint density at radius 3 is 2.44 bits per heavy atom. The van der Waals surface area contributed by atoms with Crippen LogP contribution in [0.4, 0.5) is 18.9 Å². The van der Waals surface area contributed by atoms with Crippen molar-refractivity contribution >= 4 is 16.6 Å². The van der Waals surface area contributed by atoms with Gasteiger partial charge in [-0.3, -0.25) is 4.98 Å². The number of hydrogen-bond acceptors (Lipinski definition) is 4. The summed E-state index contributed by atoms with van der Waals surface area (Å²) in [5, 5.41) is 15.0. The fourth-order valence-electron chi connectivity index (χ4n) is 6.69. The maximum atomic E-state index is 15.9. The number of alkyl halides is 2. The van der Waals surface area contributed by atoms with E-state index in [1.807, 2.05) is 26.0 Å². The van der Waals surface area contributed by atoms with Crippen molar-refractivity contribution in [3.05, 3.63) is 70.7 Å². The van der Waals surface area contributed by atoms with Crippen molar-refractivity contribution in [2.45, 2.75) is 96.1 Å². The molecule has 2 unspecified atom stereocenters. The first-order chi connectivity index (χ1) is 19.6. The van der Waals surface area contributed by atoms with Crippen LogP contribution in [0.2, 0.25) is 0 Å². The zero-order valence-electron chi connectivity index (χ0n) is 24.6. The van der Waals surface area contributed by atoms with Gasteiger partial charge in [0.2, 0.25) is 0 Å². The van der Waals surface area contributed by atoms with Gasteiger partial charge in [0.25, 0.3) is 5.92 Å². The number of aromatic nitrogens is 1. The molecule has 0 radical (unpaired) electrons. The van der Waals surface area contributed by atoms with E-state index in [4.69, 9.17) is 4.98 Å². The van der Waals surface area contributed by atoms with E-state index in [1.54, 1.807) is 12.1 Å². The van der Waals surface area contributed by atoms with Gasteiger partial charge >= 0.3 is 0 Å². The second kappa shape index (κ2) is 12.7. The summed E-state index contributed by atoms with van der Waals surface area (Å²) in [6.45, 7) is 7.48. The lowest BCUT2D eigenvalue weighted by Crippen LogP contribution is -2.42. The van der Waals surface area contributed by atoms with Gasteiger partial charge in [0.15, 0.2) is 0 Å². The number of fused-ring (bicyclic) bond motifs is 11. The molecule has 0 aliphatic carbocycles. The third-order valence-corrected chi connectivity index (χ3v) is 9.25. The minimum Gasteiger partial charge on any atom is -0.392 e. The van der Waals surface area contributed by atoms with Gasteiger partial charge in [-0.1, -0.05) is 56.9 Å². The highest BCUT2D eigenvalue weighted by Gasteiger charge is 2.45. The van der Waals surface area contributed by atoms with Gasteiger partial charge in [-0.25, -0.2) is 13.2 Å². The van der Waals surface area contributed by atoms with Crippen molar-refractivity contribution in [2.75, 3.05) is 25.0 Å². The van der Waals surface area contributed by atoms with E-state index in [2.05, 4.69) is 29.3 Å². The summed E-state index contributed by atoms with van der Waals surface area (Å²) in [5.74, 6) is -4.67. The molecule has 0 amide bonds. The van der Waals surface area contributed by atoms with Gasteiger partial charge in [0.1, 0.15) is 5.82 Å². The average molecular weight is 568 g/mol. The molecule has 41 heavy (non-hydrogen) atoms. The molecule has 1 fully saturated rings. The molecule has 4 heterocycles. The average Bonchev–Trinajstić information content (AvgIpc) is 2.94. The highest BCUT2D eigenvalue weighted by molar-refractivity contribution is 5.92. The number of aliphatic hydroxyl groups excluding tert-OH is 1. The smallest absolute Gasteiger partial charge is 0.278 e. The van der Waals surface area contributed by atoms with Gasteiger partial charge < -0.3 is 15.3 Å². The molecule has 2 aromatic carbocycles. The lowest BCUT2D eigenvalue weighted by molar-refractivity contribution is -0.0899. The maximum Gasteiger partial charge on any atom is 0.278 e. The molecule has 6 rings (SSSR count). The summed E-state index contributed by atoms with van der Waals surface area (Å²) in [6, 6.07) is 12.2. The quantitative estimate of drug-likeness (QED) is 0.286. The first kappa shape index (κ1) is 29.8. The van der Waals surface area contributed by atoms with Gasteiger partial charge in [0, 0.05) is 34.8 Å². The number of benzene rings is 2. The van der Waals surface area contributed by atoms with E-state index in [9.17, 15) is 5.11 Å². The minimum absolute atomic E-state index is 0.230. The first-order valence-corrected chi connectivity index (χ1v) is 15.4. The Labute approximate surface area is 242 Å². The zero-order chi connectivity index (χ0) is 29.1. The number of aliphatic hydroxyl groups is 1. The number of rotatable bonds is 0. The predicted molar refractivity (Wildman–Crippen MR) is 160 cm³/mol. The second-order valence-corrected chi connectivity index (χ2v) is 12.4. The number of aryl methyl sites for hydroxylation is 1. The number of pyridine rings is 1. The van der Waals surface area contributed by atoms with Crippen LogP contribution in [0.3, 0.4) is 0 Å². The van der Waals surface area contributed by atoms with Crippen LogP contribution in [-0.2, 0) is 5.92 Å². The molecule has 3 aromatic rings. The summed E-state index contributed by atoms with van der Waals surface area (Å²) in [4.78, 5) is 6.79. The van der Waals surface area contributed by atoms with Crippen molar-refractivity contribution in [1.29, 1.82) is 0 Å². The summed E-state index contributed by atoms with van der Waals surface area (Å²) in [5.41, 5.74) is 3.45. The van der Waals surface area contributed by atoms with Crippen LogP contribution >= 0.6 is 0 Å². The van der Waals surface area contributed by atoms with Gasteiger partial charge in [-0.05, 0) is 82.3 Å². The number of anilines is 1. The monoisotopic (exact) mass is 567 g/mol. The number of hydrogen-bond donors (Lipinski definition) is 2. The molecular weight excluding hydrogens is 523 g/mol. The number of nitrogens with one attached hydrogen (secondary N) is 1. The van der Waals surface area contributed by atoms with Gasteiger partial charge in [-0.2, -0.15) is 0 Å². The Bertz CT molecular complexity index is 1340. The Morgan fingerprint density at radius 1 is 0.951 bits per heavy atom. The van der Waals surface area contributed by atoms with Crippen LogP contribution in [0.25, 0.3) is 10.9 Å². The van der Waals surface area contributed by atoms with Crippen molar-refractivity contribution < 1.29 is 18.3 Å². The molecule has 222 valence electrons. The van der Waals surface area contributed by atoms with E-state index in [-0.39, 0.29) is 18.4 Å². The molecule has 4 nitrogen and oxygen atoms in total. The zero-order valence-corrected chi connectivity index (χ0v) is 24.6. The lowest BCUT2D eigenvalue weighted by atomic mass is 9.85. The molecule has 1 aromatic heterocycles. The lowest BCUT2D eigenvalue weighted by Gasteiger charge is -2.37. The number of halogens is 3. The summed E-state index contributed by atoms with van der Waals surface area (Å²) in [7, 11) is 0. The van der Waals surface area contributed by atoms with Crippen LogP contribution in [0.1, 0.15) is 99.6 Å². The SMILES string of the molecule is Cc1cc2c3cc(ccc3n1)C(C)CCCCCCC(O)CN1CCC(CC1)C(F)(F)c1cccc(c1F)[C@@H](C)N2. The Balaban J connectivity index is 1.49. The van der Waals surface area contributed by atoms with E-state index >= 15 is 13.2 Å². The molecular formula is C34H44F3N3O. The molecule has 3 aliphatic rings. The van der Waals surface area contributed by atoms with E-state index < -0.39 is 35.4 Å². The molecule has 1 saturated heterocycles. The Kier molecular flexibility index (Phi) is 9.24. The Morgan fingerprint density at radius 2 is 1.68 bits per heavy atom. The standard InChI is InChI=1S/C34H44F3N3O/c1-22-9-6-4-5-7-10-27(41)21-40-17-15-26(16-18-40)34(36,37)30-12-8-11-28(33(30)35)24(3)39-32-19-23(2)38-31-14-13-25(22)20-29(31)32/h8,11-14,19-20,22,24,26-27,39,41H,4-7,9-10,15-18,21H2,1-3H3/t22?,24-,27?/m1/s1. The van der Waals surface area contributed by atoms with Crippen LogP contribution in [0, 0.1) is 18.7 Å². The second-order valence-electron chi connectivity index (χ2n) is 12.4. The van der Waals surface area contributed by atoms with E-state index in [0.29, 0.717) is 25.6 Å².